The molecule has 0 aromatic rings. The molecular formula is C17H33NO. The summed E-state index contributed by atoms with van der Waals surface area (Å²) in [5, 5.41) is 0. The third-order valence-corrected chi connectivity index (χ3v) is 5.53. The Balaban J connectivity index is 2.09. The molecule has 0 spiro atoms. The van der Waals surface area contributed by atoms with E-state index in [1.54, 1.807) is 0 Å². The van der Waals surface area contributed by atoms with E-state index in [1.807, 2.05) is 7.11 Å². The molecule has 0 aromatic carbocycles. The SMILES string of the molecule is COC(C)(C)CC(C)(C)C1CCCN2CCCCC12. The fourth-order valence-corrected chi connectivity index (χ4v) is 4.67. The molecule has 2 fully saturated rings. The third kappa shape index (κ3) is 3.52. The quantitative estimate of drug-likeness (QED) is 0.760. The maximum Gasteiger partial charge on any atom is 0.0627 e. The van der Waals surface area contributed by atoms with Gasteiger partial charge in [-0.1, -0.05) is 20.3 Å². The van der Waals surface area contributed by atoms with Gasteiger partial charge in [0.25, 0.3) is 0 Å². The predicted molar refractivity (Wildman–Crippen MR) is 81.4 cm³/mol. The van der Waals surface area contributed by atoms with Crippen LogP contribution in [-0.2, 0) is 4.74 Å². The molecule has 0 radical (unpaired) electrons. The predicted octanol–water partition coefficient (Wildman–Crippen LogP) is 4.09. The summed E-state index contributed by atoms with van der Waals surface area (Å²) in [6.45, 7) is 12.1. The molecule has 2 heterocycles. The van der Waals surface area contributed by atoms with Gasteiger partial charge in [0.05, 0.1) is 5.60 Å². The smallest absolute Gasteiger partial charge is 0.0627 e. The molecule has 112 valence electrons. The van der Waals surface area contributed by atoms with Crippen molar-refractivity contribution < 1.29 is 4.74 Å². The van der Waals surface area contributed by atoms with Gasteiger partial charge in [-0.15, -0.1) is 0 Å². The molecule has 2 saturated heterocycles. The summed E-state index contributed by atoms with van der Waals surface area (Å²) >= 11 is 0. The van der Waals surface area contributed by atoms with Crippen molar-refractivity contribution in [1.29, 1.82) is 0 Å². The van der Waals surface area contributed by atoms with E-state index in [0.29, 0.717) is 5.41 Å². The number of rotatable bonds is 4. The normalized spacial score (nSPS) is 30.2. The van der Waals surface area contributed by atoms with Crippen molar-refractivity contribution in [3.05, 3.63) is 0 Å². The maximum atomic E-state index is 5.69. The van der Waals surface area contributed by atoms with Crippen LogP contribution in [-0.4, -0.2) is 36.7 Å². The topological polar surface area (TPSA) is 12.5 Å². The molecule has 0 aliphatic carbocycles. The molecule has 0 aromatic heterocycles. The molecule has 2 aliphatic rings. The molecule has 2 atom stereocenters. The van der Waals surface area contributed by atoms with Crippen molar-refractivity contribution >= 4 is 0 Å². The summed E-state index contributed by atoms with van der Waals surface area (Å²) < 4.78 is 5.69. The van der Waals surface area contributed by atoms with E-state index in [0.717, 1.165) is 18.4 Å². The monoisotopic (exact) mass is 267 g/mol. The lowest BCUT2D eigenvalue weighted by Crippen LogP contribution is -2.53. The minimum absolute atomic E-state index is 0.000440. The Bertz CT molecular complexity index is 296. The molecule has 19 heavy (non-hydrogen) atoms. The van der Waals surface area contributed by atoms with E-state index in [1.165, 1.54) is 45.2 Å². The van der Waals surface area contributed by atoms with Crippen LogP contribution in [0.15, 0.2) is 0 Å². The second-order valence-corrected chi connectivity index (χ2v) is 7.98. The summed E-state index contributed by atoms with van der Waals surface area (Å²) in [6, 6.07) is 0.838. The third-order valence-electron chi connectivity index (χ3n) is 5.53. The first kappa shape index (κ1) is 15.3. The zero-order chi connectivity index (χ0) is 14.1. The zero-order valence-corrected chi connectivity index (χ0v) is 13.7. The average Bonchev–Trinajstić information content (AvgIpc) is 2.37. The van der Waals surface area contributed by atoms with Crippen LogP contribution < -0.4 is 0 Å². The Kier molecular flexibility index (Phi) is 4.62. The first-order valence-corrected chi connectivity index (χ1v) is 8.15. The molecule has 2 aliphatic heterocycles. The van der Waals surface area contributed by atoms with Gasteiger partial charge < -0.3 is 9.64 Å². The Morgan fingerprint density at radius 1 is 1.00 bits per heavy atom. The summed E-state index contributed by atoms with van der Waals surface area (Å²) in [7, 11) is 1.85. The van der Waals surface area contributed by atoms with Crippen molar-refractivity contribution in [3.8, 4) is 0 Å². The summed E-state index contributed by atoms with van der Waals surface area (Å²) in [4.78, 5) is 2.78. The highest BCUT2D eigenvalue weighted by Gasteiger charge is 2.43. The van der Waals surface area contributed by atoms with Crippen molar-refractivity contribution in [3.63, 3.8) is 0 Å². The maximum absolute atomic E-state index is 5.69. The van der Waals surface area contributed by atoms with Crippen molar-refractivity contribution in [2.24, 2.45) is 11.3 Å². The number of piperidine rings is 2. The number of nitrogens with zero attached hydrogens (tertiary/aromatic N) is 1. The second kappa shape index (κ2) is 5.73. The van der Waals surface area contributed by atoms with Gasteiger partial charge in [0.1, 0.15) is 0 Å². The fourth-order valence-electron chi connectivity index (χ4n) is 4.67. The largest absolute Gasteiger partial charge is 0.379 e. The van der Waals surface area contributed by atoms with Crippen LogP contribution >= 0.6 is 0 Å². The van der Waals surface area contributed by atoms with Crippen LogP contribution in [0, 0.1) is 11.3 Å². The van der Waals surface area contributed by atoms with Gasteiger partial charge in [-0.25, -0.2) is 0 Å². The number of fused-ring (bicyclic) bond motifs is 1. The van der Waals surface area contributed by atoms with Gasteiger partial charge >= 0.3 is 0 Å². The lowest BCUT2D eigenvalue weighted by Gasteiger charge is -2.51. The average molecular weight is 267 g/mol. The fraction of sp³-hybridized carbons (Fsp3) is 1.00. The number of hydrogen-bond donors (Lipinski definition) is 0. The Morgan fingerprint density at radius 2 is 1.68 bits per heavy atom. The van der Waals surface area contributed by atoms with Gasteiger partial charge in [-0.2, -0.15) is 0 Å². The van der Waals surface area contributed by atoms with Crippen molar-refractivity contribution in [2.75, 3.05) is 20.2 Å². The minimum Gasteiger partial charge on any atom is -0.379 e. The lowest BCUT2D eigenvalue weighted by atomic mass is 9.64. The Morgan fingerprint density at radius 3 is 2.37 bits per heavy atom. The van der Waals surface area contributed by atoms with Gasteiger partial charge in [0, 0.05) is 13.2 Å². The van der Waals surface area contributed by atoms with Gasteiger partial charge in [-0.3, -0.25) is 0 Å². The molecule has 2 unspecified atom stereocenters. The lowest BCUT2D eigenvalue weighted by molar-refractivity contribution is -0.0591. The highest BCUT2D eigenvalue weighted by molar-refractivity contribution is 4.96. The van der Waals surface area contributed by atoms with E-state index in [-0.39, 0.29) is 5.60 Å². The number of methoxy groups -OCH3 is 1. The number of ether oxygens (including phenoxy) is 1. The minimum atomic E-state index is 0.000440. The highest BCUT2D eigenvalue weighted by atomic mass is 16.5. The molecule has 0 saturated carbocycles. The standard InChI is InChI=1S/C17H33NO/c1-16(2,13-17(3,4)19-5)14-9-8-12-18-11-7-6-10-15(14)18/h14-15H,6-13H2,1-5H3. The van der Waals surface area contributed by atoms with Crippen LogP contribution in [0.4, 0.5) is 0 Å². The zero-order valence-electron chi connectivity index (χ0n) is 13.7. The molecular weight excluding hydrogens is 234 g/mol. The van der Waals surface area contributed by atoms with E-state index in [4.69, 9.17) is 4.74 Å². The van der Waals surface area contributed by atoms with Gasteiger partial charge in [0.2, 0.25) is 0 Å². The molecule has 0 bridgehead atoms. The van der Waals surface area contributed by atoms with Crippen LogP contribution in [0.2, 0.25) is 0 Å². The summed E-state index contributed by atoms with van der Waals surface area (Å²) in [5.41, 5.74) is 0.376. The van der Waals surface area contributed by atoms with Crippen molar-refractivity contribution in [1.82, 2.24) is 4.90 Å². The molecule has 2 rings (SSSR count). The first-order valence-electron chi connectivity index (χ1n) is 8.15. The summed E-state index contributed by atoms with van der Waals surface area (Å²) in [6.07, 6.45) is 8.22. The van der Waals surface area contributed by atoms with E-state index < -0.39 is 0 Å². The van der Waals surface area contributed by atoms with Crippen LogP contribution in [0.5, 0.6) is 0 Å². The van der Waals surface area contributed by atoms with Crippen LogP contribution in [0.25, 0.3) is 0 Å². The Labute approximate surface area is 119 Å². The second-order valence-electron chi connectivity index (χ2n) is 7.98. The highest BCUT2D eigenvalue weighted by Crippen LogP contribution is 2.45. The van der Waals surface area contributed by atoms with Crippen molar-refractivity contribution in [2.45, 2.75) is 77.9 Å². The van der Waals surface area contributed by atoms with Gasteiger partial charge in [-0.05, 0) is 70.4 Å². The first-order chi connectivity index (χ1) is 8.86. The van der Waals surface area contributed by atoms with Crippen LogP contribution in [0.3, 0.4) is 0 Å². The molecule has 0 amide bonds. The van der Waals surface area contributed by atoms with E-state index in [9.17, 15) is 0 Å². The van der Waals surface area contributed by atoms with E-state index >= 15 is 0 Å². The van der Waals surface area contributed by atoms with E-state index in [2.05, 4.69) is 32.6 Å². The summed E-state index contributed by atoms with van der Waals surface area (Å²) in [5.74, 6) is 0.843. The molecule has 2 heteroatoms. The number of hydrogen-bond acceptors (Lipinski definition) is 2. The Hall–Kier alpha value is -0.0800. The molecule has 0 N–H and O–H groups in total. The molecule has 2 nitrogen and oxygen atoms in total. The van der Waals surface area contributed by atoms with Crippen LogP contribution in [0.1, 0.15) is 66.2 Å². The van der Waals surface area contributed by atoms with Gasteiger partial charge in [0.15, 0.2) is 0 Å².